The van der Waals surface area contributed by atoms with Crippen LogP contribution in [0.25, 0.3) is 33.9 Å². The molecule has 1 fully saturated rings. The maximum atomic E-state index is 6.00. The number of nitrogens with one attached hydrogen (secondary N) is 1. The predicted octanol–water partition coefficient (Wildman–Crippen LogP) is 4.60. The first kappa shape index (κ1) is 15.1. The molecule has 0 atom stereocenters. The Kier molecular flexibility index (Phi) is 3.66. The summed E-state index contributed by atoms with van der Waals surface area (Å²) in [7, 11) is 0. The summed E-state index contributed by atoms with van der Waals surface area (Å²) in [5, 5.41) is 4.11. The number of aromatic amines is 1. The molecule has 0 unspecified atom stereocenters. The van der Waals surface area contributed by atoms with Gasteiger partial charge in [0.2, 0.25) is 5.82 Å². The molecule has 0 saturated heterocycles. The van der Waals surface area contributed by atoms with Crippen molar-refractivity contribution < 1.29 is 9.26 Å². The number of aromatic nitrogens is 4. The zero-order valence-electron chi connectivity index (χ0n) is 14.2. The molecule has 4 aromatic rings. The SMILES string of the molecule is c1nc2ccc(-c3nc(-c4ccc(OC5CCCC5)cc4)no3)cc2[nH]1. The molecule has 130 valence electrons. The largest absolute Gasteiger partial charge is 0.490 e. The van der Waals surface area contributed by atoms with Crippen LogP contribution in [-0.4, -0.2) is 26.2 Å². The van der Waals surface area contributed by atoms with Crippen LogP contribution in [-0.2, 0) is 0 Å². The van der Waals surface area contributed by atoms with Crippen LogP contribution in [0.1, 0.15) is 25.7 Å². The van der Waals surface area contributed by atoms with Gasteiger partial charge in [-0.2, -0.15) is 4.98 Å². The lowest BCUT2D eigenvalue weighted by atomic mass is 10.2. The van der Waals surface area contributed by atoms with Gasteiger partial charge in [0.05, 0.1) is 23.5 Å². The summed E-state index contributed by atoms with van der Waals surface area (Å²) in [6, 6.07) is 13.7. The van der Waals surface area contributed by atoms with Gasteiger partial charge in [0.15, 0.2) is 0 Å². The fourth-order valence-corrected chi connectivity index (χ4v) is 3.41. The van der Waals surface area contributed by atoms with E-state index < -0.39 is 0 Å². The normalized spacial score (nSPS) is 14.9. The Morgan fingerprint density at radius 1 is 1.00 bits per heavy atom. The summed E-state index contributed by atoms with van der Waals surface area (Å²) in [6.45, 7) is 0. The van der Waals surface area contributed by atoms with Crippen LogP contribution in [0.4, 0.5) is 0 Å². The van der Waals surface area contributed by atoms with Gasteiger partial charge in [0, 0.05) is 11.1 Å². The quantitative estimate of drug-likeness (QED) is 0.584. The molecule has 6 heteroatoms. The molecular formula is C20H18N4O2. The molecule has 2 aromatic carbocycles. The third-order valence-electron chi connectivity index (χ3n) is 4.81. The Bertz CT molecular complexity index is 1030. The highest BCUT2D eigenvalue weighted by Gasteiger charge is 2.17. The first-order valence-corrected chi connectivity index (χ1v) is 8.89. The Labute approximate surface area is 150 Å². The summed E-state index contributed by atoms with van der Waals surface area (Å²) < 4.78 is 11.4. The van der Waals surface area contributed by atoms with E-state index in [1.165, 1.54) is 12.8 Å². The predicted molar refractivity (Wildman–Crippen MR) is 97.7 cm³/mol. The highest BCUT2D eigenvalue weighted by molar-refractivity contribution is 5.79. The van der Waals surface area contributed by atoms with E-state index in [9.17, 15) is 0 Å². The second-order valence-corrected chi connectivity index (χ2v) is 6.61. The highest BCUT2D eigenvalue weighted by atomic mass is 16.5. The average Bonchev–Trinajstić information content (AvgIpc) is 3.43. The van der Waals surface area contributed by atoms with Gasteiger partial charge < -0.3 is 14.2 Å². The smallest absolute Gasteiger partial charge is 0.258 e. The van der Waals surface area contributed by atoms with Crippen LogP contribution < -0.4 is 4.74 Å². The first-order chi connectivity index (χ1) is 12.8. The molecule has 6 nitrogen and oxygen atoms in total. The van der Waals surface area contributed by atoms with Crippen molar-refractivity contribution in [1.29, 1.82) is 0 Å². The van der Waals surface area contributed by atoms with E-state index in [1.54, 1.807) is 6.33 Å². The molecular weight excluding hydrogens is 328 g/mol. The van der Waals surface area contributed by atoms with Crippen molar-refractivity contribution in [1.82, 2.24) is 20.1 Å². The maximum Gasteiger partial charge on any atom is 0.258 e. The average molecular weight is 346 g/mol. The maximum absolute atomic E-state index is 6.00. The number of fused-ring (bicyclic) bond motifs is 1. The van der Waals surface area contributed by atoms with E-state index >= 15 is 0 Å². The van der Waals surface area contributed by atoms with Crippen molar-refractivity contribution in [2.24, 2.45) is 0 Å². The third kappa shape index (κ3) is 2.83. The lowest BCUT2D eigenvalue weighted by Crippen LogP contribution is -2.10. The number of rotatable bonds is 4. The van der Waals surface area contributed by atoms with Gasteiger partial charge >= 0.3 is 0 Å². The van der Waals surface area contributed by atoms with Gasteiger partial charge in [-0.3, -0.25) is 0 Å². The Hall–Kier alpha value is -3.15. The van der Waals surface area contributed by atoms with Crippen LogP contribution in [0.15, 0.2) is 53.3 Å². The molecule has 5 rings (SSSR count). The Morgan fingerprint density at radius 2 is 1.81 bits per heavy atom. The van der Waals surface area contributed by atoms with Gasteiger partial charge in [-0.05, 0) is 68.1 Å². The summed E-state index contributed by atoms with van der Waals surface area (Å²) in [4.78, 5) is 11.8. The molecule has 2 heterocycles. The standard InChI is InChI=1S/C20H18N4O2/c1-2-4-15(3-1)25-16-8-5-13(6-9-16)19-23-20(26-24-19)14-7-10-17-18(11-14)22-12-21-17/h5-12,15H,1-4H2,(H,21,22). The lowest BCUT2D eigenvalue weighted by molar-refractivity contribution is 0.210. The molecule has 0 aliphatic heterocycles. The van der Waals surface area contributed by atoms with Crippen LogP contribution in [0.3, 0.4) is 0 Å². The second kappa shape index (κ2) is 6.29. The van der Waals surface area contributed by atoms with Crippen molar-refractivity contribution in [2.75, 3.05) is 0 Å². The highest BCUT2D eigenvalue weighted by Crippen LogP contribution is 2.27. The molecule has 2 aromatic heterocycles. The number of H-pyrrole nitrogens is 1. The lowest BCUT2D eigenvalue weighted by Gasteiger charge is -2.12. The summed E-state index contributed by atoms with van der Waals surface area (Å²) in [5.74, 6) is 1.95. The van der Waals surface area contributed by atoms with Crippen LogP contribution in [0.2, 0.25) is 0 Å². The van der Waals surface area contributed by atoms with Crippen molar-refractivity contribution in [3.05, 3.63) is 48.8 Å². The Balaban J connectivity index is 1.37. The zero-order valence-corrected chi connectivity index (χ0v) is 14.2. The number of nitrogens with zero attached hydrogens (tertiary/aromatic N) is 3. The monoisotopic (exact) mass is 346 g/mol. The van der Waals surface area contributed by atoms with Crippen molar-refractivity contribution in [3.63, 3.8) is 0 Å². The van der Waals surface area contributed by atoms with E-state index in [0.717, 1.165) is 40.8 Å². The topological polar surface area (TPSA) is 76.8 Å². The van der Waals surface area contributed by atoms with E-state index in [1.807, 2.05) is 42.5 Å². The number of hydrogen-bond acceptors (Lipinski definition) is 5. The number of imidazole rings is 1. The third-order valence-corrected chi connectivity index (χ3v) is 4.81. The van der Waals surface area contributed by atoms with Gasteiger partial charge in [0.25, 0.3) is 5.89 Å². The van der Waals surface area contributed by atoms with Gasteiger partial charge in [-0.15, -0.1) is 0 Å². The molecule has 0 spiro atoms. The molecule has 1 N–H and O–H groups in total. The molecule has 1 aliphatic rings. The molecule has 0 radical (unpaired) electrons. The molecule has 1 aliphatic carbocycles. The van der Waals surface area contributed by atoms with E-state index in [0.29, 0.717) is 17.8 Å². The molecule has 1 saturated carbocycles. The summed E-state index contributed by atoms with van der Waals surface area (Å²) in [6.07, 6.45) is 6.85. The molecule has 0 bridgehead atoms. The summed E-state index contributed by atoms with van der Waals surface area (Å²) in [5.41, 5.74) is 3.62. The number of benzene rings is 2. The second-order valence-electron chi connectivity index (χ2n) is 6.61. The van der Waals surface area contributed by atoms with Crippen LogP contribution in [0, 0.1) is 0 Å². The summed E-state index contributed by atoms with van der Waals surface area (Å²) >= 11 is 0. The fraction of sp³-hybridized carbons (Fsp3) is 0.250. The minimum Gasteiger partial charge on any atom is -0.490 e. The van der Waals surface area contributed by atoms with E-state index in [4.69, 9.17) is 9.26 Å². The molecule has 0 amide bonds. The Morgan fingerprint density at radius 3 is 2.65 bits per heavy atom. The molecule has 26 heavy (non-hydrogen) atoms. The van der Waals surface area contributed by atoms with Crippen molar-refractivity contribution >= 4 is 11.0 Å². The van der Waals surface area contributed by atoms with E-state index in [2.05, 4.69) is 20.1 Å². The van der Waals surface area contributed by atoms with Crippen molar-refractivity contribution in [3.8, 4) is 28.6 Å². The fourth-order valence-electron chi connectivity index (χ4n) is 3.41. The van der Waals surface area contributed by atoms with Gasteiger partial charge in [-0.25, -0.2) is 4.98 Å². The van der Waals surface area contributed by atoms with Crippen LogP contribution >= 0.6 is 0 Å². The van der Waals surface area contributed by atoms with Crippen molar-refractivity contribution in [2.45, 2.75) is 31.8 Å². The van der Waals surface area contributed by atoms with Gasteiger partial charge in [-0.1, -0.05) is 5.16 Å². The number of hydrogen-bond donors (Lipinski definition) is 1. The number of ether oxygens (including phenoxy) is 1. The van der Waals surface area contributed by atoms with Crippen LogP contribution in [0.5, 0.6) is 5.75 Å². The zero-order chi connectivity index (χ0) is 17.3. The first-order valence-electron chi connectivity index (χ1n) is 8.89. The van der Waals surface area contributed by atoms with E-state index in [-0.39, 0.29) is 0 Å². The minimum absolute atomic E-state index is 0.357. The minimum atomic E-state index is 0.357. The van der Waals surface area contributed by atoms with Gasteiger partial charge in [0.1, 0.15) is 5.75 Å².